The quantitative estimate of drug-likeness (QED) is 0.709. The van der Waals surface area contributed by atoms with E-state index < -0.39 is 0 Å². The first-order valence-corrected chi connectivity index (χ1v) is 4.19. The average molecular weight is 195 g/mol. The molecule has 1 N–H and O–H groups in total. The van der Waals surface area contributed by atoms with Gasteiger partial charge in [-0.25, -0.2) is 4.98 Å². The predicted octanol–water partition coefficient (Wildman–Crippen LogP) is 2.34. The van der Waals surface area contributed by atoms with Crippen LogP contribution in [0.3, 0.4) is 0 Å². The van der Waals surface area contributed by atoms with Crippen LogP contribution in [-0.2, 0) is 0 Å². The van der Waals surface area contributed by atoms with Gasteiger partial charge in [0.25, 0.3) is 0 Å². The Morgan fingerprint density at radius 1 is 1.54 bits per heavy atom. The summed E-state index contributed by atoms with van der Waals surface area (Å²) >= 11 is 5.96. The fraction of sp³-hybridized carbons (Fsp3) is 0.111. The number of halogens is 1. The van der Waals surface area contributed by atoms with E-state index in [-0.39, 0.29) is 0 Å². The summed E-state index contributed by atoms with van der Waals surface area (Å²) in [6.07, 6.45) is 0.743. The highest BCUT2D eigenvalue weighted by molar-refractivity contribution is 6.35. The van der Waals surface area contributed by atoms with Crippen molar-refractivity contribution in [3.8, 4) is 0 Å². The zero-order valence-corrected chi connectivity index (χ0v) is 7.72. The molecule has 0 aliphatic rings. The van der Waals surface area contributed by atoms with Crippen molar-refractivity contribution in [2.45, 2.75) is 6.92 Å². The Bertz CT molecular complexity index is 476. The van der Waals surface area contributed by atoms with E-state index in [1.165, 1.54) is 0 Å². The van der Waals surface area contributed by atoms with Crippen LogP contribution in [0.4, 0.5) is 0 Å². The van der Waals surface area contributed by atoms with Crippen molar-refractivity contribution >= 4 is 28.9 Å². The topological polar surface area (TPSA) is 45.8 Å². The van der Waals surface area contributed by atoms with Gasteiger partial charge in [-0.15, -0.1) is 0 Å². The van der Waals surface area contributed by atoms with Gasteiger partial charge in [-0.05, 0) is 19.1 Å². The van der Waals surface area contributed by atoms with Crippen LogP contribution in [0.2, 0.25) is 5.02 Å². The second-order valence-corrected chi connectivity index (χ2v) is 3.26. The van der Waals surface area contributed by atoms with E-state index >= 15 is 0 Å². The Hall–Kier alpha value is -1.35. The normalized spacial score (nSPS) is 10.6. The summed E-state index contributed by atoms with van der Waals surface area (Å²) in [6, 6.07) is 3.46. The summed E-state index contributed by atoms with van der Waals surface area (Å²) in [5.74, 6) is 0. The molecule has 4 heteroatoms. The number of nitrogens with one attached hydrogen (secondary N) is 1. The number of carbonyl (C=O) groups excluding carboxylic acids is 1. The fourth-order valence-corrected chi connectivity index (χ4v) is 1.57. The van der Waals surface area contributed by atoms with Gasteiger partial charge in [0.1, 0.15) is 5.65 Å². The van der Waals surface area contributed by atoms with Crippen molar-refractivity contribution in [2.24, 2.45) is 0 Å². The Morgan fingerprint density at radius 3 is 3.00 bits per heavy atom. The molecular formula is C9H7ClN2O. The first kappa shape index (κ1) is 8.26. The molecule has 0 bridgehead atoms. The molecule has 0 aliphatic carbocycles. The van der Waals surface area contributed by atoms with E-state index in [4.69, 9.17) is 11.6 Å². The second kappa shape index (κ2) is 2.85. The second-order valence-electron chi connectivity index (χ2n) is 2.85. The molecule has 0 saturated carbocycles. The van der Waals surface area contributed by atoms with E-state index in [1.807, 2.05) is 6.92 Å². The van der Waals surface area contributed by atoms with Crippen molar-refractivity contribution in [1.29, 1.82) is 0 Å². The molecule has 66 valence electrons. The molecule has 0 spiro atoms. The molecule has 0 atom stereocenters. The number of H-pyrrole nitrogens is 1. The van der Waals surface area contributed by atoms with Gasteiger partial charge < -0.3 is 4.98 Å². The third-order valence-corrected chi connectivity index (χ3v) is 2.14. The van der Waals surface area contributed by atoms with Crippen molar-refractivity contribution in [2.75, 3.05) is 0 Å². The van der Waals surface area contributed by atoms with Crippen molar-refractivity contribution in [3.05, 3.63) is 28.5 Å². The lowest BCUT2D eigenvalue weighted by Gasteiger charge is -1.94. The van der Waals surface area contributed by atoms with Gasteiger partial charge in [0.05, 0.1) is 10.7 Å². The molecule has 0 radical (unpaired) electrons. The Morgan fingerprint density at radius 2 is 2.31 bits per heavy atom. The summed E-state index contributed by atoms with van der Waals surface area (Å²) in [6.45, 7) is 1.85. The number of rotatable bonds is 1. The van der Waals surface area contributed by atoms with Crippen molar-refractivity contribution in [3.63, 3.8) is 0 Å². The zero-order chi connectivity index (χ0) is 9.42. The minimum Gasteiger partial charge on any atom is -0.337 e. The number of aromatic amines is 1. The molecule has 2 aromatic rings. The van der Waals surface area contributed by atoms with Crippen LogP contribution in [0, 0.1) is 6.92 Å². The molecule has 0 amide bonds. The first-order valence-electron chi connectivity index (χ1n) is 3.82. The third-order valence-electron chi connectivity index (χ3n) is 1.83. The van der Waals surface area contributed by atoms with E-state index in [1.54, 1.807) is 12.1 Å². The number of aryl methyl sites for hydroxylation is 1. The van der Waals surface area contributed by atoms with Crippen LogP contribution in [-0.4, -0.2) is 16.3 Å². The smallest absolute Gasteiger partial charge is 0.166 e. The first-order chi connectivity index (χ1) is 6.20. The van der Waals surface area contributed by atoms with Gasteiger partial charge in [0.15, 0.2) is 6.29 Å². The highest BCUT2D eigenvalue weighted by Gasteiger charge is 2.05. The molecule has 0 unspecified atom stereocenters. The van der Waals surface area contributed by atoms with Crippen LogP contribution in [0.25, 0.3) is 11.0 Å². The molecule has 2 heterocycles. The predicted molar refractivity (Wildman–Crippen MR) is 51.2 cm³/mol. The fourth-order valence-electron chi connectivity index (χ4n) is 1.27. The maximum absolute atomic E-state index is 10.5. The number of pyridine rings is 1. The number of fused-ring (bicyclic) bond motifs is 1. The SMILES string of the molecule is Cc1cc(Cl)c2cc(C=O)[nH]c2n1. The highest BCUT2D eigenvalue weighted by Crippen LogP contribution is 2.22. The highest BCUT2D eigenvalue weighted by atomic mass is 35.5. The van der Waals surface area contributed by atoms with E-state index in [9.17, 15) is 4.79 Å². The van der Waals surface area contributed by atoms with Crippen molar-refractivity contribution in [1.82, 2.24) is 9.97 Å². The van der Waals surface area contributed by atoms with Crippen LogP contribution in [0.15, 0.2) is 12.1 Å². The molecule has 0 aliphatic heterocycles. The van der Waals surface area contributed by atoms with Gasteiger partial charge in [-0.1, -0.05) is 11.6 Å². The largest absolute Gasteiger partial charge is 0.337 e. The lowest BCUT2D eigenvalue weighted by molar-refractivity contribution is 0.112. The van der Waals surface area contributed by atoms with E-state index in [0.29, 0.717) is 16.4 Å². The number of hydrogen-bond acceptors (Lipinski definition) is 2. The molecule has 2 aromatic heterocycles. The summed E-state index contributed by atoms with van der Waals surface area (Å²) < 4.78 is 0. The van der Waals surface area contributed by atoms with Crippen molar-refractivity contribution < 1.29 is 4.79 Å². The number of carbonyl (C=O) groups is 1. The van der Waals surface area contributed by atoms with E-state index in [0.717, 1.165) is 17.4 Å². The Labute approximate surface area is 79.7 Å². The standard InChI is InChI=1S/C9H7ClN2O/c1-5-2-8(10)7-3-6(4-13)12-9(7)11-5/h2-4H,1H3,(H,11,12). The molecule has 13 heavy (non-hydrogen) atoms. The van der Waals surface area contributed by atoms with Gasteiger partial charge >= 0.3 is 0 Å². The van der Waals surface area contributed by atoms with Gasteiger partial charge in [-0.3, -0.25) is 4.79 Å². The lowest BCUT2D eigenvalue weighted by atomic mass is 10.3. The minimum atomic E-state index is 0.495. The van der Waals surface area contributed by atoms with Crippen LogP contribution < -0.4 is 0 Å². The molecule has 0 fully saturated rings. The summed E-state index contributed by atoms with van der Waals surface area (Å²) in [5, 5.41) is 1.40. The lowest BCUT2D eigenvalue weighted by Crippen LogP contribution is -1.82. The number of hydrogen-bond donors (Lipinski definition) is 1. The Balaban J connectivity index is 2.82. The molecule has 0 aromatic carbocycles. The van der Waals surface area contributed by atoms with Crippen LogP contribution >= 0.6 is 11.6 Å². The molecule has 2 rings (SSSR count). The number of aromatic nitrogens is 2. The summed E-state index contributed by atoms with van der Waals surface area (Å²) in [5.41, 5.74) is 1.99. The van der Waals surface area contributed by atoms with Crippen LogP contribution in [0.5, 0.6) is 0 Å². The Kier molecular flexibility index (Phi) is 1.81. The maximum atomic E-state index is 10.5. The monoisotopic (exact) mass is 194 g/mol. The van der Waals surface area contributed by atoms with E-state index in [2.05, 4.69) is 9.97 Å². The molecular weight excluding hydrogens is 188 g/mol. The summed E-state index contributed by atoms with van der Waals surface area (Å²) in [4.78, 5) is 17.5. The zero-order valence-electron chi connectivity index (χ0n) is 6.97. The van der Waals surface area contributed by atoms with Crippen LogP contribution in [0.1, 0.15) is 16.2 Å². The molecule has 0 saturated heterocycles. The van der Waals surface area contributed by atoms with Gasteiger partial charge in [-0.2, -0.15) is 0 Å². The average Bonchev–Trinajstić information content (AvgIpc) is 2.47. The van der Waals surface area contributed by atoms with Gasteiger partial charge in [0.2, 0.25) is 0 Å². The maximum Gasteiger partial charge on any atom is 0.166 e. The minimum absolute atomic E-state index is 0.495. The number of aldehydes is 1. The molecule has 3 nitrogen and oxygen atoms in total. The summed E-state index contributed by atoms with van der Waals surface area (Å²) in [7, 11) is 0. The van der Waals surface area contributed by atoms with Gasteiger partial charge in [0, 0.05) is 11.1 Å². The third kappa shape index (κ3) is 1.31. The number of nitrogens with zero attached hydrogens (tertiary/aromatic N) is 1.